The molecular formula is C21H19BN2O8. The van der Waals surface area contributed by atoms with Crippen molar-refractivity contribution in [2.45, 2.75) is 31.2 Å². The fraction of sp³-hybridized carbons (Fsp3) is 0.238. The molecule has 0 saturated heterocycles. The minimum Gasteiger partial charge on any atom is -0.463 e. The molecule has 6 N–H and O–H groups in total. The van der Waals surface area contributed by atoms with Crippen molar-refractivity contribution in [3.63, 3.8) is 0 Å². The van der Waals surface area contributed by atoms with Gasteiger partial charge in [0.2, 0.25) is 11.5 Å². The molecule has 0 saturated carbocycles. The summed E-state index contributed by atoms with van der Waals surface area (Å²) in [5.41, 5.74) is -1.55. The van der Waals surface area contributed by atoms with Crippen LogP contribution in [-0.4, -0.2) is 55.9 Å². The molecule has 2 radical (unpaired) electrons. The van der Waals surface area contributed by atoms with E-state index in [1.165, 1.54) is 31.7 Å². The smallest absolute Gasteiger partial charge is 0.304 e. The second-order valence-corrected chi connectivity index (χ2v) is 7.60. The number of nitrogens with zero attached hydrogens (tertiary/aromatic N) is 1. The summed E-state index contributed by atoms with van der Waals surface area (Å²) in [6, 6.07) is 7.32. The second-order valence-electron chi connectivity index (χ2n) is 7.60. The molecule has 1 unspecified atom stereocenters. The number of carbonyl (C=O) groups excluding carboxylic acids is 1. The molecule has 0 bridgehead atoms. The number of oxazole rings is 1. The summed E-state index contributed by atoms with van der Waals surface area (Å²) in [5, 5.41) is 53.7. The zero-order valence-corrected chi connectivity index (χ0v) is 17.0. The van der Waals surface area contributed by atoms with E-state index in [0.29, 0.717) is 16.8 Å². The van der Waals surface area contributed by atoms with E-state index in [-0.39, 0.29) is 28.0 Å². The van der Waals surface area contributed by atoms with Crippen LogP contribution in [0, 0.1) is 13.8 Å². The van der Waals surface area contributed by atoms with Gasteiger partial charge < -0.3 is 34.7 Å². The first-order valence-corrected chi connectivity index (χ1v) is 9.41. The minimum atomic E-state index is -3.31. The molecule has 1 atom stereocenters. The van der Waals surface area contributed by atoms with Gasteiger partial charge in [-0.3, -0.25) is 10.1 Å². The number of nitrogens with one attached hydrogen (secondary N) is 1. The Kier molecular flexibility index (Phi) is 4.92. The highest BCUT2D eigenvalue weighted by Gasteiger charge is 2.51. The molecule has 1 aliphatic rings. The Morgan fingerprint density at radius 1 is 1.09 bits per heavy atom. The number of fused-ring (bicyclic) bond motifs is 1. The van der Waals surface area contributed by atoms with Gasteiger partial charge in [-0.2, -0.15) is 0 Å². The van der Waals surface area contributed by atoms with E-state index in [9.17, 15) is 30.3 Å². The Labute approximate surface area is 183 Å². The van der Waals surface area contributed by atoms with Crippen LogP contribution in [0.1, 0.15) is 32.6 Å². The molecule has 0 fully saturated rings. The second kappa shape index (κ2) is 7.15. The molecule has 10 nitrogen and oxygen atoms in total. The van der Waals surface area contributed by atoms with Crippen molar-refractivity contribution >= 4 is 13.8 Å². The summed E-state index contributed by atoms with van der Waals surface area (Å²) in [5.74, 6) is -7.15. The lowest BCUT2D eigenvalue weighted by atomic mass is 9.88. The van der Waals surface area contributed by atoms with Gasteiger partial charge in [0.1, 0.15) is 17.7 Å². The topological polar surface area (TPSA) is 166 Å². The van der Waals surface area contributed by atoms with E-state index < -0.39 is 23.3 Å². The van der Waals surface area contributed by atoms with Gasteiger partial charge in [0.25, 0.3) is 5.91 Å². The van der Waals surface area contributed by atoms with Crippen LogP contribution in [0.3, 0.4) is 0 Å². The summed E-state index contributed by atoms with van der Waals surface area (Å²) in [7, 11) is 5.43. The van der Waals surface area contributed by atoms with Crippen LogP contribution in [0.4, 0.5) is 0 Å². The van der Waals surface area contributed by atoms with Gasteiger partial charge in [-0.25, -0.2) is 4.98 Å². The SMILES string of the molecule is [B]C1(O)Oc2c(cc(C(O)(O)c3ccc(-c4cocn4)cc3)c(C)c2C)C(=O)NC1(O)O. The maximum absolute atomic E-state index is 12.6. The van der Waals surface area contributed by atoms with Gasteiger partial charge in [0.15, 0.2) is 14.2 Å². The van der Waals surface area contributed by atoms with Crippen LogP contribution in [0.2, 0.25) is 0 Å². The highest BCUT2D eigenvalue weighted by atomic mass is 16.7. The largest absolute Gasteiger partial charge is 0.463 e. The summed E-state index contributed by atoms with van der Waals surface area (Å²) < 4.78 is 10.1. The Balaban J connectivity index is 1.81. The van der Waals surface area contributed by atoms with Crippen LogP contribution in [0.15, 0.2) is 47.4 Å². The highest BCUT2D eigenvalue weighted by molar-refractivity contribution is 6.15. The summed E-state index contributed by atoms with van der Waals surface area (Å²) in [6.45, 7) is 3.04. The number of rotatable bonds is 3. The number of benzene rings is 2. The average Bonchev–Trinajstić information content (AvgIpc) is 3.23. The predicted octanol–water partition coefficient (Wildman–Crippen LogP) is -0.281. The average molecular weight is 438 g/mol. The first-order valence-electron chi connectivity index (χ1n) is 9.41. The van der Waals surface area contributed by atoms with Gasteiger partial charge >= 0.3 is 5.91 Å². The van der Waals surface area contributed by atoms with Crippen molar-refractivity contribution in [3.8, 4) is 17.0 Å². The van der Waals surface area contributed by atoms with Gasteiger partial charge in [-0.15, -0.1) is 0 Å². The van der Waals surface area contributed by atoms with Crippen LogP contribution in [-0.2, 0) is 5.79 Å². The quantitative estimate of drug-likeness (QED) is 0.238. The van der Waals surface area contributed by atoms with Crippen LogP contribution in [0.25, 0.3) is 11.3 Å². The van der Waals surface area contributed by atoms with E-state index >= 15 is 0 Å². The fourth-order valence-electron chi connectivity index (χ4n) is 3.48. The third-order valence-corrected chi connectivity index (χ3v) is 5.52. The number of hydrogen-bond acceptors (Lipinski definition) is 9. The lowest BCUT2D eigenvalue weighted by Crippen LogP contribution is -2.66. The molecule has 164 valence electrons. The Bertz CT molecular complexity index is 1190. The van der Waals surface area contributed by atoms with E-state index in [0.717, 1.165) is 6.07 Å². The Hall–Kier alpha value is -3.22. The number of ether oxygens (including phenoxy) is 1. The number of aromatic nitrogens is 1. The molecular weight excluding hydrogens is 419 g/mol. The molecule has 0 spiro atoms. The van der Waals surface area contributed by atoms with Crippen molar-refractivity contribution in [2.24, 2.45) is 0 Å². The van der Waals surface area contributed by atoms with E-state index in [4.69, 9.17) is 17.0 Å². The number of hydrogen-bond donors (Lipinski definition) is 6. The zero-order valence-electron chi connectivity index (χ0n) is 17.0. The zero-order chi connectivity index (χ0) is 23.5. The fourth-order valence-corrected chi connectivity index (χ4v) is 3.48. The molecule has 11 heteroatoms. The van der Waals surface area contributed by atoms with Gasteiger partial charge in [0, 0.05) is 16.7 Å². The summed E-state index contributed by atoms with van der Waals surface area (Å²) >= 11 is 0. The first-order chi connectivity index (χ1) is 14.8. The lowest BCUT2D eigenvalue weighted by Gasteiger charge is -2.35. The molecule has 3 aromatic rings. The summed E-state index contributed by atoms with van der Waals surface area (Å²) in [6.07, 6.45) is 2.72. The van der Waals surface area contributed by atoms with Gasteiger partial charge in [-0.05, 0) is 31.0 Å². The van der Waals surface area contributed by atoms with Gasteiger partial charge in [-0.1, -0.05) is 24.3 Å². The maximum atomic E-state index is 12.6. The molecule has 4 rings (SSSR count). The van der Waals surface area contributed by atoms with Crippen molar-refractivity contribution in [1.29, 1.82) is 0 Å². The van der Waals surface area contributed by atoms with Crippen LogP contribution < -0.4 is 10.1 Å². The molecule has 0 aliphatic carbocycles. The van der Waals surface area contributed by atoms with E-state index in [1.807, 2.05) is 0 Å². The minimum absolute atomic E-state index is 0.0642. The highest BCUT2D eigenvalue weighted by Crippen LogP contribution is 2.40. The summed E-state index contributed by atoms with van der Waals surface area (Å²) in [4.78, 5) is 16.6. The standard InChI is InChI=1S/C21H19BN2O8/c1-10-11(2)17-14(18(25)24-21(29,30)20(22,28)32-17)7-15(10)19(26,27)13-5-3-12(4-6-13)16-8-31-9-23-16/h3-9,26-30H,1-2H3,(H,24,25). The number of aliphatic hydroxyl groups is 5. The van der Waals surface area contributed by atoms with E-state index in [2.05, 4.69) is 4.98 Å². The molecule has 1 aliphatic heterocycles. The van der Waals surface area contributed by atoms with E-state index in [1.54, 1.807) is 24.4 Å². The van der Waals surface area contributed by atoms with Crippen molar-refractivity contribution in [2.75, 3.05) is 0 Å². The van der Waals surface area contributed by atoms with Crippen molar-refractivity contribution in [3.05, 3.63) is 70.8 Å². The molecule has 1 amide bonds. The third-order valence-electron chi connectivity index (χ3n) is 5.52. The predicted molar refractivity (Wildman–Crippen MR) is 109 cm³/mol. The number of amides is 1. The Morgan fingerprint density at radius 2 is 1.75 bits per heavy atom. The first kappa shape index (κ1) is 22.0. The lowest BCUT2D eigenvalue weighted by molar-refractivity contribution is -0.311. The van der Waals surface area contributed by atoms with Gasteiger partial charge in [0.05, 0.1) is 5.56 Å². The normalized spacial score (nSPS) is 20.2. The van der Waals surface area contributed by atoms with Crippen LogP contribution >= 0.6 is 0 Å². The molecule has 2 heterocycles. The third kappa shape index (κ3) is 3.36. The molecule has 2 aromatic carbocycles. The van der Waals surface area contributed by atoms with Crippen molar-refractivity contribution < 1.29 is 39.5 Å². The van der Waals surface area contributed by atoms with Crippen molar-refractivity contribution in [1.82, 2.24) is 10.3 Å². The molecule has 32 heavy (non-hydrogen) atoms. The van der Waals surface area contributed by atoms with Crippen LogP contribution in [0.5, 0.6) is 5.75 Å². The number of carbonyl (C=O) groups is 1. The Morgan fingerprint density at radius 3 is 2.34 bits per heavy atom. The maximum Gasteiger partial charge on any atom is 0.304 e. The molecule has 1 aromatic heterocycles. The monoisotopic (exact) mass is 438 g/mol.